The van der Waals surface area contributed by atoms with E-state index in [1.54, 1.807) is 0 Å². The third-order valence-electron chi connectivity index (χ3n) is 4.29. The van der Waals surface area contributed by atoms with Gasteiger partial charge in [-0.3, -0.25) is 9.59 Å². The van der Waals surface area contributed by atoms with Crippen molar-refractivity contribution in [3.8, 4) is 5.75 Å². The number of aromatic nitrogens is 2. The monoisotopic (exact) mass is 425 g/mol. The van der Waals surface area contributed by atoms with Crippen molar-refractivity contribution in [3.63, 3.8) is 0 Å². The molecule has 3 aromatic rings. The minimum Gasteiger partial charge on any atom is -0.489 e. The summed E-state index contributed by atoms with van der Waals surface area (Å²) in [6.07, 6.45) is 2.32. The summed E-state index contributed by atoms with van der Waals surface area (Å²) in [6.45, 7) is 0.972. The van der Waals surface area contributed by atoms with Gasteiger partial charge < -0.3 is 32.0 Å². The molecule has 0 spiro atoms. The van der Waals surface area contributed by atoms with Crippen LogP contribution in [0.2, 0.25) is 0 Å². The zero-order valence-corrected chi connectivity index (χ0v) is 17.0. The number of nitrogens with two attached hydrogens (primary N) is 3. The Balaban J connectivity index is 0.000000262. The average Bonchev–Trinajstić information content (AvgIpc) is 3.23. The molecule has 9 heteroatoms. The molecule has 3 rings (SSSR count). The topological polar surface area (TPSA) is 170 Å². The lowest BCUT2D eigenvalue weighted by atomic mass is 10.1. The van der Waals surface area contributed by atoms with Crippen molar-refractivity contribution in [3.05, 3.63) is 83.4 Å². The molecule has 1 heterocycles. The number of amides is 1. The second kappa shape index (κ2) is 12.1. The first-order valence-corrected chi connectivity index (χ1v) is 9.67. The number of hydrogen-bond donors (Lipinski definition) is 5. The normalized spacial score (nSPS) is 11.2. The van der Waals surface area contributed by atoms with Crippen LogP contribution in [0.1, 0.15) is 27.3 Å². The second-order valence-electron chi connectivity index (χ2n) is 6.69. The summed E-state index contributed by atoms with van der Waals surface area (Å²) in [7, 11) is 0. The van der Waals surface area contributed by atoms with Gasteiger partial charge in [-0.25, -0.2) is 4.98 Å². The Morgan fingerprint density at radius 3 is 2.32 bits per heavy atom. The van der Waals surface area contributed by atoms with E-state index in [-0.39, 0.29) is 0 Å². The molecule has 0 unspecified atom stereocenters. The number of carbonyl (C=O) groups is 2. The molecule has 2 aromatic carbocycles. The van der Waals surface area contributed by atoms with Crippen LogP contribution in [0.3, 0.4) is 0 Å². The third kappa shape index (κ3) is 7.92. The third-order valence-corrected chi connectivity index (χ3v) is 4.29. The predicted octanol–water partition coefficient (Wildman–Crippen LogP) is 1.23. The van der Waals surface area contributed by atoms with E-state index in [9.17, 15) is 9.59 Å². The number of hydrogen-bond acceptors (Lipinski definition) is 6. The van der Waals surface area contributed by atoms with Crippen molar-refractivity contribution < 1.29 is 19.4 Å². The quantitative estimate of drug-likeness (QED) is 0.343. The Hall–Kier alpha value is -3.69. The van der Waals surface area contributed by atoms with Crippen molar-refractivity contribution in [2.45, 2.75) is 25.5 Å². The summed E-state index contributed by atoms with van der Waals surface area (Å²) in [5.41, 5.74) is 18.8. The number of aliphatic carboxylic acids is 1. The zero-order valence-electron chi connectivity index (χ0n) is 17.0. The van der Waals surface area contributed by atoms with Crippen LogP contribution in [-0.4, -0.2) is 39.5 Å². The van der Waals surface area contributed by atoms with Gasteiger partial charge in [0.05, 0.1) is 12.0 Å². The molecule has 1 atom stereocenters. The van der Waals surface area contributed by atoms with Crippen LogP contribution in [0.4, 0.5) is 0 Å². The summed E-state index contributed by atoms with van der Waals surface area (Å²) >= 11 is 0. The lowest BCUT2D eigenvalue weighted by Gasteiger charge is -2.09. The molecule has 0 radical (unpaired) electrons. The maximum atomic E-state index is 10.7. The van der Waals surface area contributed by atoms with E-state index < -0.39 is 17.9 Å². The lowest BCUT2D eigenvalue weighted by molar-refractivity contribution is -0.138. The minimum atomic E-state index is -0.991. The van der Waals surface area contributed by atoms with Gasteiger partial charge in [-0.05, 0) is 36.2 Å². The van der Waals surface area contributed by atoms with Crippen molar-refractivity contribution in [1.82, 2.24) is 9.97 Å². The van der Waals surface area contributed by atoms with E-state index in [1.807, 2.05) is 54.6 Å². The van der Waals surface area contributed by atoms with Crippen LogP contribution in [0.5, 0.6) is 5.75 Å². The first-order valence-electron chi connectivity index (χ1n) is 9.67. The van der Waals surface area contributed by atoms with E-state index >= 15 is 0 Å². The predicted molar refractivity (Wildman–Crippen MR) is 116 cm³/mol. The summed E-state index contributed by atoms with van der Waals surface area (Å²) in [5, 5.41) is 8.76. The highest BCUT2D eigenvalue weighted by Gasteiger charge is 2.12. The summed E-state index contributed by atoms with van der Waals surface area (Å²) < 4.78 is 5.65. The number of primary amides is 1. The highest BCUT2D eigenvalue weighted by atomic mass is 16.5. The van der Waals surface area contributed by atoms with Gasteiger partial charge in [-0.15, -0.1) is 0 Å². The van der Waals surface area contributed by atoms with E-state index in [0.717, 1.165) is 16.9 Å². The van der Waals surface area contributed by atoms with Crippen molar-refractivity contribution >= 4 is 11.9 Å². The molecule has 0 saturated heterocycles. The summed E-state index contributed by atoms with van der Waals surface area (Å²) in [6, 6.07) is 16.4. The van der Waals surface area contributed by atoms with Gasteiger partial charge in [0.2, 0.25) is 0 Å². The molecule has 1 aromatic heterocycles. The Labute approximate surface area is 180 Å². The molecule has 9 nitrogen and oxygen atoms in total. The number of H-pyrrole nitrogens is 1. The fraction of sp³-hybridized carbons (Fsp3) is 0.227. The molecule has 0 aliphatic heterocycles. The zero-order chi connectivity index (χ0) is 22.6. The van der Waals surface area contributed by atoms with E-state index in [2.05, 4.69) is 9.97 Å². The van der Waals surface area contributed by atoms with Gasteiger partial charge in [0.1, 0.15) is 24.1 Å². The number of benzene rings is 2. The largest absolute Gasteiger partial charge is 0.489 e. The fourth-order valence-electron chi connectivity index (χ4n) is 2.67. The molecule has 0 bridgehead atoms. The minimum absolute atomic E-state index is 0.314. The molecule has 0 aliphatic rings. The number of carboxylic acid groups (broad SMARTS) is 1. The Morgan fingerprint density at radius 1 is 1.06 bits per heavy atom. The number of carbonyl (C=O) groups excluding carboxylic acids is 1. The fourth-order valence-corrected chi connectivity index (χ4v) is 2.67. The van der Waals surface area contributed by atoms with Crippen molar-refractivity contribution in [2.75, 3.05) is 6.54 Å². The SMILES string of the molecule is NCCc1nc[nH]c1C(N)=O.N[C@@H](Cc1ccc(OCc2ccccc2)cc1)C(=O)O. The molecule has 0 fully saturated rings. The smallest absolute Gasteiger partial charge is 0.320 e. The van der Waals surface area contributed by atoms with Gasteiger partial charge in [0.15, 0.2) is 0 Å². The Kier molecular flexibility index (Phi) is 9.21. The Bertz CT molecular complexity index is 958. The average molecular weight is 425 g/mol. The number of nitrogens with one attached hydrogen (secondary N) is 1. The Morgan fingerprint density at radius 2 is 1.74 bits per heavy atom. The number of ether oxygens (including phenoxy) is 1. The van der Waals surface area contributed by atoms with Gasteiger partial charge in [-0.2, -0.15) is 0 Å². The van der Waals surface area contributed by atoms with E-state index in [1.165, 1.54) is 6.33 Å². The second-order valence-corrected chi connectivity index (χ2v) is 6.69. The summed E-state index contributed by atoms with van der Waals surface area (Å²) in [4.78, 5) is 27.9. The number of imidazole rings is 1. The maximum absolute atomic E-state index is 10.7. The standard InChI is InChI=1S/C16H17NO3.C6H10N4O/c17-15(16(18)19)10-12-6-8-14(9-7-12)20-11-13-4-2-1-3-5-13;7-2-1-4-5(6(8)11)10-3-9-4/h1-9,15H,10-11,17H2,(H,18,19);3H,1-2,7H2,(H2,8,11)(H,9,10)/t15-;/m0./s1. The first-order chi connectivity index (χ1) is 14.9. The highest BCUT2D eigenvalue weighted by Crippen LogP contribution is 2.15. The van der Waals surface area contributed by atoms with Crippen molar-refractivity contribution in [2.24, 2.45) is 17.2 Å². The molecule has 8 N–H and O–H groups in total. The van der Waals surface area contributed by atoms with E-state index in [0.29, 0.717) is 37.4 Å². The van der Waals surface area contributed by atoms with Gasteiger partial charge >= 0.3 is 5.97 Å². The molecule has 0 aliphatic carbocycles. The first kappa shape index (κ1) is 23.6. The molecule has 164 valence electrons. The van der Waals surface area contributed by atoms with Gasteiger partial charge in [-0.1, -0.05) is 42.5 Å². The highest BCUT2D eigenvalue weighted by molar-refractivity contribution is 5.91. The molecular formula is C22H27N5O4. The van der Waals surface area contributed by atoms with Crippen LogP contribution in [0.25, 0.3) is 0 Å². The lowest BCUT2D eigenvalue weighted by Crippen LogP contribution is -2.32. The number of rotatable bonds is 9. The van der Waals surface area contributed by atoms with Crippen LogP contribution < -0.4 is 21.9 Å². The maximum Gasteiger partial charge on any atom is 0.320 e. The molecule has 31 heavy (non-hydrogen) atoms. The van der Waals surface area contributed by atoms with Gasteiger partial charge in [0.25, 0.3) is 5.91 Å². The number of nitrogens with zero attached hydrogens (tertiary/aromatic N) is 1. The van der Waals surface area contributed by atoms with Crippen molar-refractivity contribution in [1.29, 1.82) is 0 Å². The molecular weight excluding hydrogens is 398 g/mol. The number of aromatic amines is 1. The van der Waals surface area contributed by atoms with Crippen LogP contribution in [0, 0.1) is 0 Å². The van der Waals surface area contributed by atoms with Crippen LogP contribution >= 0.6 is 0 Å². The van der Waals surface area contributed by atoms with Gasteiger partial charge in [0, 0.05) is 6.42 Å². The molecule has 0 saturated carbocycles. The summed E-state index contributed by atoms with van der Waals surface area (Å²) in [5.74, 6) is -0.734. The van der Waals surface area contributed by atoms with E-state index in [4.69, 9.17) is 27.0 Å². The van der Waals surface area contributed by atoms with Crippen LogP contribution in [0.15, 0.2) is 60.9 Å². The number of carboxylic acids is 1. The molecule has 1 amide bonds. The van der Waals surface area contributed by atoms with Crippen LogP contribution in [-0.2, 0) is 24.2 Å².